The van der Waals surface area contributed by atoms with Crippen molar-refractivity contribution in [3.8, 4) is 0 Å². The molecule has 0 aromatic carbocycles. The lowest BCUT2D eigenvalue weighted by atomic mass is 9.80. The van der Waals surface area contributed by atoms with Crippen molar-refractivity contribution in [1.82, 2.24) is 0 Å². The standard InChI is InChI=1S/C11H20O2/c1-11(12,8-9-2-3-9)10-4-6-13-7-5-10/h9-10,12H,2-8H2,1H3. The predicted octanol–water partition coefficient (Wildman–Crippen LogP) is 1.96. The van der Waals surface area contributed by atoms with Crippen molar-refractivity contribution in [3.05, 3.63) is 0 Å². The number of rotatable bonds is 3. The zero-order chi connectivity index (χ0) is 9.31. The highest BCUT2D eigenvalue weighted by atomic mass is 16.5. The van der Waals surface area contributed by atoms with Gasteiger partial charge in [-0.1, -0.05) is 12.8 Å². The molecule has 1 unspecified atom stereocenters. The minimum Gasteiger partial charge on any atom is -0.390 e. The van der Waals surface area contributed by atoms with Gasteiger partial charge in [0, 0.05) is 13.2 Å². The minimum atomic E-state index is -0.426. The van der Waals surface area contributed by atoms with Crippen LogP contribution in [0.15, 0.2) is 0 Å². The van der Waals surface area contributed by atoms with Crippen LogP contribution in [0.2, 0.25) is 0 Å². The van der Waals surface area contributed by atoms with E-state index >= 15 is 0 Å². The third-order valence-corrected chi connectivity index (χ3v) is 3.50. The average Bonchev–Trinajstić information content (AvgIpc) is 2.89. The minimum absolute atomic E-state index is 0.426. The van der Waals surface area contributed by atoms with Crippen molar-refractivity contribution in [2.75, 3.05) is 13.2 Å². The molecule has 1 aliphatic heterocycles. The van der Waals surface area contributed by atoms with E-state index in [1.807, 2.05) is 6.92 Å². The number of hydrogen-bond acceptors (Lipinski definition) is 2. The molecule has 2 rings (SSSR count). The number of hydrogen-bond donors (Lipinski definition) is 1. The van der Waals surface area contributed by atoms with E-state index in [9.17, 15) is 5.11 Å². The van der Waals surface area contributed by atoms with Crippen LogP contribution in [0, 0.1) is 11.8 Å². The van der Waals surface area contributed by atoms with Gasteiger partial charge in [-0.25, -0.2) is 0 Å². The lowest BCUT2D eigenvalue weighted by Crippen LogP contribution is -2.38. The second-order valence-electron chi connectivity index (χ2n) is 4.89. The topological polar surface area (TPSA) is 29.5 Å². The van der Waals surface area contributed by atoms with Gasteiger partial charge in [-0.05, 0) is 38.0 Å². The largest absolute Gasteiger partial charge is 0.390 e. The summed E-state index contributed by atoms with van der Waals surface area (Å²) in [6.45, 7) is 3.69. The molecule has 76 valence electrons. The van der Waals surface area contributed by atoms with Crippen LogP contribution in [0.5, 0.6) is 0 Å². The van der Waals surface area contributed by atoms with Crippen LogP contribution in [0.3, 0.4) is 0 Å². The highest BCUT2D eigenvalue weighted by molar-refractivity contribution is 4.89. The van der Waals surface area contributed by atoms with Crippen molar-refractivity contribution >= 4 is 0 Å². The van der Waals surface area contributed by atoms with Crippen LogP contribution >= 0.6 is 0 Å². The number of aliphatic hydroxyl groups is 1. The summed E-state index contributed by atoms with van der Waals surface area (Å²) in [7, 11) is 0. The van der Waals surface area contributed by atoms with Gasteiger partial charge in [-0.15, -0.1) is 0 Å². The van der Waals surface area contributed by atoms with E-state index in [0.29, 0.717) is 5.92 Å². The molecule has 0 aromatic rings. The van der Waals surface area contributed by atoms with Crippen LogP contribution in [0.1, 0.15) is 39.0 Å². The molecule has 2 aliphatic rings. The summed E-state index contributed by atoms with van der Waals surface area (Å²) < 4.78 is 5.30. The van der Waals surface area contributed by atoms with Gasteiger partial charge >= 0.3 is 0 Å². The molecule has 1 saturated carbocycles. The third kappa shape index (κ3) is 2.44. The van der Waals surface area contributed by atoms with E-state index in [1.54, 1.807) is 0 Å². The van der Waals surface area contributed by atoms with Gasteiger partial charge in [0.25, 0.3) is 0 Å². The highest BCUT2D eigenvalue weighted by Crippen LogP contribution is 2.41. The molecule has 0 bridgehead atoms. The average molecular weight is 184 g/mol. The number of ether oxygens (including phenoxy) is 1. The summed E-state index contributed by atoms with van der Waals surface area (Å²) in [5.74, 6) is 1.29. The molecular formula is C11H20O2. The molecule has 1 heterocycles. The van der Waals surface area contributed by atoms with Gasteiger partial charge in [-0.3, -0.25) is 0 Å². The van der Waals surface area contributed by atoms with Crippen molar-refractivity contribution in [1.29, 1.82) is 0 Å². The first-order valence-corrected chi connectivity index (χ1v) is 5.48. The second kappa shape index (κ2) is 3.58. The Labute approximate surface area is 80.3 Å². The smallest absolute Gasteiger partial charge is 0.0652 e. The summed E-state index contributed by atoms with van der Waals surface area (Å²) in [5, 5.41) is 10.3. The van der Waals surface area contributed by atoms with E-state index in [2.05, 4.69) is 0 Å². The Kier molecular flexibility index (Phi) is 2.61. The van der Waals surface area contributed by atoms with Crippen LogP contribution < -0.4 is 0 Å². The summed E-state index contributed by atoms with van der Waals surface area (Å²) in [6.07, 6.45) is 5.76. The van der Waals surface area contributed by atoms with Gasteiger partial charge in [0.1, 0.15) is 0 Å². The Morgan fingerprint density at radius 2 is 1.85 bits per heavy atom. The molecule has 0 radical (unpaired) electrons. The van der Waals surface area contributed by atoms with Crippen LogP contribution in [0.25, 0.3) is 0 Å². The fraction of sp³-hybridized carbons (Fsp3) is 1.00. The van der Waals surface area contributed by atoms with Crippen molar-refractivity contribution in [3.63, 3.8) is 0 Å². The van der Waals surface area contributed by atoms with Crippen molar-refractivity contribution in [2.24, 2.45) is 11.8 Å². The van der Waals surface area contributed by atoms with Crippen LogP contribution in [0.4, 0.5) is 0 Å². The molecule has 1 aliphatic carbocycles. The Morgan fingerprint density at radius 3 is 2.38 bits per heavy atom. The monoisotopic (exact) mass is 184 g/mol. The maximum absolute atomic E-state index is 10.3. The summed E-state index contributed by atoms with van der Waals surface area (Å²) in [5.41, 5.74) is -0.426. The Balaban J connectivity index is 1.86. The first-order chi connectivity index (χ1) is 6.18. The molecule has 0 amide bonds. The van der Waals surface area contributed by atoms with E-state index in [1.165, 1.54) is 12.8 Å². The molecule has 13 heavy (non-hydrogen) atoms. The van der Waals surface area contributed by atoms with E-state index < -0.39 is 5.60 Å². The lowest BCUT2D eigenvalue weighted by Gasteiger charge is -2.35. The van der Waals surface area contributed by atoms with Crippen LogP contribution in [-0.4, -0.2) is 23.9 Å². The van der Waals surface area contributed by atoms with Gasteiger partial charge < -0.3 is 9.84 Å². The Morgan fingerprint density at radius 1 is 1.23 bits per heavy atom. The fourth-order valence-electron chi connectivity index (χ4n) is 2.39. The highest BCUT2D eigenvalue weighted by Gasteiger charge is 2.38. The van der Waals surface area contributed by atoms with Crippen molar-refractivity contribution < 1.29 is 9.84 Å². The molecule has 0 aromatic heterocycles. The van der Waals surface area contributed by atoms with E-state index in [0.717, 1.165) is 38.4 Å². The Bertz CT molecular complexity index is 167. The molecule has 0 spiro atoms. The second-order valence-corrected chi connectivity index (χ2v) is 4.89. The quantitative estimate of drug-likeness (QED) is 0.726. The maximum Gasteiger partial charge on any atom is 0.0652 e. The predicted molar refractivity (Wildman–Crippen MR) is 51.5 cm³/mol. The van der Waals surface area contributed by atoms with Gasteiger partial charge in [0.2, 0.25) is 0 Å². The molecule has 1 saturated heterocycles. The van der Waals surface area contributed by atoms with E-state index in [4.69, 9.17) is 4.74 Å². The first-order valence-electron chi connectivity index (χ1n) is 5.48. The Hall–Kier alpha value is -0.0800. The molecule has 1 atom stereocenters. The van der Waals surface area contributed by atoms with Crippen LogP contribution in [-0.2, 0) is 4.74 Å². The molecule has 2 nitrogen and oxygen atoms in total. The molecule has 1 N–H and O–H groups in total. The first kappa shape index (κ1) is 9.47. The van der Waals surface area contributed by atoms with Gasteiger partial charge in [-0.2, -0.15) is 0 Å². The summed E-state index contributed by atoms with van der Waals surface area (Å²) >= 11 is 0. The normalized spacial score (nSPS) is 30.0. The third-order valence-electron chi connectivity index (χ3n) is 3.50. The van der Waals surface area contributed by atoms with Gasteiger partial charge in [0.05, 0.1) is 5.60 Å². The fourth-order valence-corrected chi connectivity index (χ4v) is 2.39. The lowest BCUT2D eigenvalue weighted by molar-refractivity contribution is -0.0613. The van der Waals surface area contributed by atoms with Crippen molar-refractivity contribution in [2.45, 2.75) is 44.6 Å². The molecular weight excluding hydrogens is 164 g/mol. The molecule has 2 heteroatoms. The summed E-state index contributed by atoms with van der Waals surface area (Å²) in [4.78, 5) is 0. The molecule has 2 fully saturated rings. The maximum atomic E-state index is 10.3. The SMILES string of the molecule is CC(O)(CC1CC1)C1CCOCC1. The summed E-state index contributed by atoms with van der Waals surface area (Å²) in [6, 6.07) is 0. The zero-order valence-electron chi connectivity index (χ0n) is 8.46. The van der Waals surface area contributed by atoms with Gasteiger partial charge in [0.15, 0.2) is 0 Å². The zero-order valence-corrected chi connectivity index (χ0v) is 8.46. The van der Waals surface area contributed by atoms with E-state index in [-0.39, 0.29) is 0 Å².